The lowest BCUT2D eigenvalue weighted by Gasteiger charge is -2.31. The maximum Gasteiger partial charge on any atom is 0.416 e. The molecule has 198 valence electrons. The molecule has 2 aliphatic heterocycles. The van der Waals surface area contributed by atoms with E-state index in [9.17, 15) is 28.1 Å². The maximum atomic E-state index is 13.4. The third-order valence-corrected chi connectivity index (χ3v) is 6.14. The van der Waals surface area contributed by atoms with Gasteiger partial charge in [-0.2, -0.15) is 13.2 Å². The number of nitro benzene ring substituents is 1. The van der Waals surface area contributed by atoms with Crippen LogP contribution in [0, 0.1) is 10.1 Å². The number of amides is 1. The molecule has 14 heteroatoms. The van der Waals surface area contributed by atoms with E-state index in [1.54, 1.807) is 4.90 Å². The standard InChI is InChI=1S/C23H24F3N5O5S/c24-23(25,26)16-2-4-18(29-5-9-35-10-6-29)17(14-16)27-22(37)28-21(32)15-1-3-19(20(13-15)31(33)34)30-7-11-36-12-8-30/h1-4,13-14H,5-12H2,(H2,27,28,32,37). The first kappa shape index (κ1) is 26.6. The van der Waals surface area contributed by atoms with E-state index in [-0.39, 0.29) is 22.1 Å². The fourth-order valence-corrected chi connectivity index (χ4v) is 4.31. The van der Waals surface area contributed by atoms with Gasteiger partial charge in [0.2, 0.25) is 0 Å². The molecule has 2 aromatic carbocycles. The van der Waals surface area contributed by atoms with E-state index in [0.717, 1.165) is 18.2 Å². The maximum absolute atomic E-state index is 13.4. The van der Waals surface area contributed by atoms with Gasteiger partial charge in [-0.3, -0.25) is 20.2 Å². The number of carbonyl (C=O) groups excluding carboxylic acids is 1. The van der Waals surface area contributed by atoms with E-state index in [0.29, 0.717) is 64.0 Å². The van der Waals surface area contributed by atoms with Crippen LogP contribution in [0.4, 0.5) is 35.9 Å². The number of hydrogen-bond acceptors (Lipinski definition) is 8. The van der Waals surface area contributed by atoms with Gasteiger partial charge >= 0.3 is 6.18 Å². The summed E-state index contributed by atoms with van der Waals surface area (Å²) in [5.74, 6) is -0.742. The highest BCUT2D eigenvalue weighted by atomic mass is 32.1. The van der Waals surface area contributed by atoms with Gasteiger partial charge in [0.05, 0.1) is 48.3 Å². The van der Waals surface area contributed by atoms with Gasteiger partial charge in [-0.25, -0.2) is 0 Å². The van der Waals surface area contributed by atoms with E-state index < -0.39 is 22.6 Å². The van der Waals surface area contributed by atoms with Crippen LogP contribution >= 0.6 is 12.2 Å². The van der Waals surface area contributed by atoms with E-state index in [4.69, 9.17) is 21.7 Å². The van der Waals surface area contributed by atoms with Crippen LogP contribution in [0.15, 0.2) is 36.4 Å². The summed E-state index contributed by atoms with van der Waals surface area (Å²) in [4.78, 5) is 27.6. The van der Waals surface area contributed by atoms with Crippen molar-refractivity contribution in [1.29, 1.82) is 0 Å². The van der Waals surface area contributed by atoms with Crippen LogP contribution < -0.4 is 20.4 Å². The van der Waals surface area contributed by atoms with Gasteiger partial charge in [0.15, 0.2) is 5.11 Å². The number of alkyl halides is 3. The monoisotopic (exact) mass is 539 g/mol. The van der Waals surface area contributed by atoms with Crippen molar-refractivity contribution < 1.29 is 32.4 Å². The Kier molecular flexibility index (Phi) is 8.10. The number of carbonyl (C=O) groups is 1. The first-order chi connectivity index (χ1) is 17.6. The molecule has 0 aliphatic carbocycles. The zero-order chi connectivity index (χ0) is 26.6. The van der Waals surface area contributed by atoms with Gasteiger partial charge in [0.25, 0.3) is 11.6 Å². The highest BCUT2D eigenvalue weighted by Crippen LogP contribution is 2.36. The molecule has 2 aliphatic rings. The summed E-state index contributed by atoms with van der Waals surface area (Å²) in [6.45, 7) is 3.59. The molecule has 0 saturated carbocycles. The predicted octanol–water partition coefficient (Wildman–Crippen LogP) is 3.41. The third kappa shape index (κ3) is 6.45. The van der Waals surface area contributed by atoms with Crippen LogP contribution in [0.5, 0.6) is 0 Å². The Morgan fingerprint density at radius 2 is 1.51 bits per heavy atom. The molecule has 0 unspecified atom stereocenters. The van der Waals surface area contributed by atoms with E-state index in [1.165, 1.54) is 18.2 Å². The normalized spacial score (nSPS) is 16.3. The molecule has 2 saturated heterocycles. The first-order valence-electron chi connectivity index (χ1n) is 11.4. The molecule has 0 aromatic heterocycles. The molecule has 37 heavy (non-hydrogen) atoms. The Bertz CT molecular complexity index is 1180. The average molecular weight is 540 g/mol. The summed E-state index contributed by atoms with van der Waals surface area (Å²) >= 11 is 5.20. The van der Waals surface area contributed by atoms with Crippen molar-refractivity contribution in [3.63, 3.8) is 0 Å². The molecule has 0 atom stereocenters. The quantitative estimate of drug-likeness (QED) is 0.336. The van der Waals surface area contributed by atoms with Crippen molar-refractivity contribution in [2.24, 2.45) is 0 Å². The minimum Gasteiger partial charge on any atom is -0.378 e. The molecule has 10 nitrogen and oxygen atoms in total. The molecular weight excluding hydrogens is 515 g/mol. The number of thiocarbonyl (C=S) groups is 1. The summed E-state index contributed by atoms with van der Waals surface area (Å²) in [7, 11) is 0. The lowest BCUT2D eigenvalue weighted by atomic mass is 10.1. The molecule has 2 aromatic rings. The SMILES string of the molecule is O=C(NC(=S)Nc1cc(C(F)(F)F)ccc1N1CCOCC1)c1ccc(N2CCOCC2)c([N+](=O)[O-])c1. The Morgan fingerprint density at radius 1 is 0.946 bits per heavy atom. The average Bonchev–Trinajstić information content (AvgIpc) is 2.88. The Labute approximate surface area is 215 Å². The smallest absolute Gasteiger partial charge is 0.378 e. The van der Waals surface area contributed by atoms with E-state index >= 15 is 0 Å². The number of benzene rings is 2. The minimum atomic E-state index is -4.58. The number of nitro groups is 1. The largest absolute Gasteiger partial charge is 0.416 e. The number of nitrogens with one attached hydrogen (secondary N) is 2. The fourth-order valence-electron chi connectivity index (χ4n) is 4.10. The summed E-state index contributed by atoms with van der Waals surface area (Å²) in [5.41, 5.74) is -0.250. The number of nitrogens with zero attached hydrogens (tertiary/aromatic N) is 3. The van der Waals surface area contributed by atoms with Crippen molar-refractivity contribution in [2.45, 2.75) is 6.18 Å². The highest BCUT2D eigenvalue weighted by molar-refractivity contribution is 7.80. The van der Waals surface area contributed by atoms with Crippen molar-refractivity contribution in [1.82, 2.24) is 5.32 Å². The summed E-state index contributed by atoms with van der Waals surface area (Å²) in [5, 5.41) is 16.5. The Morgan fingerprint density at radius 3 is 2.08 bits per heavy atom. The summed E-state index contributed by atoms with van der Waals surface area (Å²) < 4.78 is 50.6. The number of rotatable bonds is 5. The van der Waals surface area contributed by atoms with Gasteiger partial charge in [-0.1, -0.05) is 0 Å². The van der Waals surface area contributed by atoms with Gasteiger partial charge in [0, 0.05) is 37.8 Å². The molecule has 4 rings (SSSR count). The second-order valence-corrected chi connectivity index (χ2v) is 8.71. The molecule has 0 radical (unpaired) electrons. The topological polar surface area (TPSA) is 109 Å². The van der Waals surface area contributed by atoms with Crippen molar-refractivity contribution in [3.05, 3.63) is 57.6 Å². The van der Waals surface area contributed by atoms with E-state index in [1.807, 2.05) is 4.90 Å². The molecule has 0 spiro atoms. The fraction of sp³-hybridized carbons (Fsp3) is 0.391. The zero-order valence-electron chi connectivity index (χ0n) is 19.5. The molecule has 2 N–H and O–H groups in total. The highest BCUT2D eigenvalue weighted by Gasteiger charge is 2.32. The van der Waals surface area contributed by atoms with Crippen LogP contribution in [-0.2, 0) is 15.7 Å². The van der Waals surface area contributed by atoms with Crippen LogP contribution in [0.1, 0.15) is 15.9 Å². The van der Waals surface area contributed by atoms with Crippen molar-refractivity contribution >= 4 is 46.0 Å². The van der Waals surface area contributed by atoms with Gasteiger partial charge in [-0.05, 0) is 42.5 Å². The second kappa shape index (κ2) is 11.3. The molecule has 2 heterocycles. The number of ether oxygens (including phenoxy) is 2. The minimum absolute atomic E-state index is 0.0229. The lowest BCUT2D eigenvalue weighted by molar-refractivity contribution is -0.384. The Balaban J connectivity index is 1.52. The van der Waals surface area contributed by atoms with Crippen LogP contribution in [-0.4, -0.2) is 68.5 Å². The molecule has 1 amide bonds. The third-order valence-electron chi connectivity index (χ3n) is 5.94. The Hall–Kier alpha value is -3.49. The second-order valence-electron chi connectivity index (χ2n) is 8.30. The van der Waals surface area contributed by atoms with Crippen molar-refractivity contribution in [3.8, 4) is 0 Å². The lowest BCUT2D eigenvalue weighted by Crippen LogP contribution is -2.38. The molecular formula is C23H24F3N5O5S. The summed E-state index contributed by atoms with van der Waals surface area (Å²) in [6, 6.07) is 7.30. The number of morpholine rings is 2. The van der Waals surface area contributed by atoms with E-state index in [2.05, 4.69) is 10.6 Å². The van der Waals surface area contributed by atoms with Gasteiger partial charge in [0.1, 0.15) is 5.69 Å². The van der Waals surface area contributed by atoms with Crippen molar-refractivity contribution in [2.75, 3.05) is 67.7 Å². The summed E-state index contributed by atoms with van der Waals surface area (Å²) in [6.07, 6.45) is -4.58. The van der Waals surface area contributed by atoms with Gasteiger partial charge in [-0.15, -0.1) is 0 Å². The van der Waals surface area contributed by atoms with Gasteiger partial charge < -0.3 is 24.6 Å². The molecule has 0 bridgehead atoms. The van der Waals surface area contributed by atoms with Crippen LogP contribution in [0.25, 0.3) is 0 Å². The predicted molar refractivity (Wildman–Crippen MR) is 134 cm³/mol. The van der Waals surface area contributed by atoms with Crippen LogP contribution in [0.3, 0.4) is 0 Å². The number of halogens is 3. The number of hydrogen-bond donors (Lipinski definition) is 2. The van der Waals surface area contributed by atoms with Crippen LogP contribution in [0.2, 0.25) is 0 Å². The number of anilines is 3. The molecule has 2 fully saturated rings. The first-order valence-corrected chi connectivity index (χ1v) is 11.8. The zero-order valence-corrected chi connectivity index (χ0v) is 20.4.